The molecule has 0 saturated carbocycles. The number of aromatic nitrogens is 4. The first-order chi connectivity index (χ1) is 11.6. The van der Waals surface area contributed by atoms with E-state index in [1.54, 1.807) is 22.8 Å². The van der Waals surface area contributed by atoms with E-state index in [4.69, 9.17) is 0 Å². The van der Waals surface area contributed by atoms with Gasteiger partial charge in [0.25, 0.3) is 11.5 Å². The number of fused-ring (bicyclic) bond motifs is 3. The third kappa shape index (κ3) is 2.21. The molecule has 24 heavy (non-hydrogen) atoms. The van der Waals surface area contributed by atoms with Crippen LogP contribution < -0.4 is 11.0 Å². The van der Waals surface area contributed by atoms with Gasteiger partial charge in [-0.2, -0.15) is 5.10 Å². The highest BCUT2D eigenvalue weighted by molar-refractivity contribution is 6.00. The van der Waals surface area contributed by atoms with Crippen LogP contribution in [0.3, 0.4) is 0 Å². The molecule has 0 fully saturated rings. The minimum Gasteiger partial charge on any atom is -0.267 e. The molecule has 8 heteroatoms. The lowest BCUT2D eigenvalue weighted by Crippen LogP contribution is -2.33. The molecule has 1 N–H and O–H groups in total. The van der Waals surface area contributed by atoms with E-state index in [1.165, 1.54) is 36.7 Å². The Morgan fingerprint density at radius 2 is 1.92 bits per heavy atom. The highest BCUT2D eigenvalue weighted by Gasteiger charge is 2.11. The molecule has 4 rings (SSSR count). The second-order valence-electron chi connectivity index (χ2n) is 5.10. The largest absolute Gasteiger partial charge is 0.280 e. The van der Waals surface area contributed by atoms with E-state index in [0.717, 1.165) is 4.68 Å². The van der Waals surface area contributed by atoms with Crippen molar-refractivity contribution in [3.8, 4) is 0 Å². The van der Waals surface area contributed by atoms with Gasteiger partial charge in [-0.25, -0.2) is 18.6 Å². The van der Waals surface area contributed by atoms with Gasteiger partial charge in [-0.05, 0) is 30.3 Å². The summed E-state index contributed by atoms with van der Waals surface area (Å²) in [6, 6.07) is 8.41. The number of hydrogen-bond donors (Lipinski definition) is 1. The second-order valence-corrected chi connectivity index (χ2v) is 5.10. The van der Waals surface area contributed by atoms with Crippen LogP contribution in [0.15, 0.2) is 59.8 Å². The fourth-order valence-electron chi connectivity index (χ4n) is 2.42. The van der Waals surface area contributed by atoms with Gasteiger partial charge in [0.2, 0.25) is 0 Å². The number of amides is 1. The second kappa shape index (κ2) is 5.27. The summed E-state index contributed by atoms with van der Waals surface area (Å²) in [5.41, 5.74) is 3.47. The van der Waals surface area contributed by atoms with Crippen LogP contribution in [0, 0.1) is 5.82 Å². The lowest BCUT2D eigenvalue weighted by atomic mass is 10.2. The average molecular weight is 323 g/mol. The molecule has 7 nitrogen and oxygen atoms in total. The molecule has 0 aliphatic carbocycles. The van der Waals surface area contributed by atoms with Gasteiger partial charge in [-0.3, -0.25) is 15.0 Å². The van der Waals surface area contributed by atoms with E-state index in [-0.39, 0.29) is 5.56 Å². The summed E-state index contributed by atoms with van der Waals surface area (Å²) in [7, 11) is 0. The van der Waals surface area contributed by atoms with Crippen LogP contribution in [0.5, 0.6) is 0 Å². The standard InChI is InChI=1S/C16H10FN5O2/c17-11-3-1-10(2-4-11)15(23)20-21-8-6-13-12(16(21)24)9-18-14-5-7-19-22(13)14/h1-9H,(H,20,23). The number of nitrogens with one attached hydrogen (secondary N) is 1. The molecular weight excluding hydrogens is 313 g/mol. The Kier molecular flexibility index (Phi) is 3.09. The van der Waals surface area contributed by atoms with Gasteiger partial charge >= 0.3 is 0 Å². The molecule has 1 amide bonds. The fourth-order valence-corrected chi connectivity index (χ4v) is 2.42. The molecule has 0 atom stereocenters. The normalized spacial score (nSPS) is 11.0. The minimum atomic E-state index is -0.524. The summed E-state index contributed by atoms with van der Waals surface area (Å²) in [5.74, 6) is -0.965. The third-order valence-electron chi connectivity index (χ3n) is 3.61. The maximum atomic E-state index is 12.9. The monoisotopic (exact) mass is 323 g/mol. The van der Waals surface area contributed by atoms with Crippen molar-refractivity contribution < 1.29 is 9.18 Å². The lowest BCUT2D eigenvalue weighted by molar-refractivity contribution is 0.101. The molecule has 0 bridgehead atoms. The molecule has 3 aromatic heterocycles. The predicted octanol–water partition coefficient (Wildman–Crippen LogP) is 1.57. The molecule has 0 aliphatic rings. The average Bonchev–Trinajstić information content (AvgIpc) is 3.07. The fraction of sp³-hybridized carbons (Fsp3) is 0. The van der Waals surface area contributed by atoms with Crippen LogP contribution in [0.25, 0.3) is 16.6 Å². The maximum absolute atomic E-state index is 12.9. The minimum absolute atomic E-state index is 0.240. The SMILES string of the molecule is O=C(Nn1ccc2c(cnc3ccnn32)c1=O)c1ccc(F)cc1. The van der Waals surface area contributed by atoms with Crippen LogP contribution in [-0.4, -0.2) is 25.2 Å². The number of carbonyl (C=O) groups excluding carboxylic acids is 1. The van der Waals surface area contributed by atoms with E-state index in [9.17, 15) is 14.0 Å². The first-order valence-electron chi connectivity index (χ1n) is 7.04. The lowest BCUT2D eigenvalue weighted by Gasteiger charge is -2.09. The zero-order valence-electron chi connectivity index (χ0n) is 12.2. The molecule has 0 aliphatic heterocycles. The molecule has 3 heterocycles. The van der Waals surface area contributed by atoms with E-state index in [2.05, 4.69) is 15.5 Å². The highest BCUT2D eigenvalue weighted by atomic mass is 19.1. The van der Waals surface area contributed by atoms with E-state index in [1.807, 2.05) is 0 Å². The van der Waals surface area contributed by atoms with Crippen LogP contribution in [0.4, 0.5) is 4.39 Å². The number of nitrogens with zero attached hydrogens (tertiary/aromatic N) is 4. The zero-order chi connectivity index (χ0) is 16.7. The molecule has 0 spiro atoms. The number of rotatable bonds is 2. The summed E-state index contributed by atoms with van der Waals surface area (Å²) in [6.45, 7) is 0. The first-order valence-corrected chi connectivity index (χ1v) is 7.04. The summed E-state index contributed by atoms with van der Waals surface area (Å²) < 4.78 is 15.5. The van der Waals surface area contributed by atoms with Gasteiger partial charge in [0.15, 0.2) is 5.65 Å². The molecule has 0 radical (unpaired) electrons. The van der Waals surface area contributed by atoms with Crippen LogP contribution in [-0.2, 0) is 0 Å². The van der Waals surface area contributed by atoms with E-state index in [0.29, 0.717) is 16.6 Å². The van der Waals surface area contributed by atoms with Crippen LogP contribution in [0.1, 0.15) is 10.4 Å². The van der Waals surface area contributed by atoms with E-state index < -0.39 is 17.3 Å². The quantitative estimate of drug-likeness (QED) is 0.607. The topological polar surface area (TPSA) is 81.3 Å². The van der Waals surface area contributed by atoms with Gasteiger partial charge in [0, 0.05) is 24.0 Å². The molecule has 118 valence electrons. The van der Waals surface area contributed by atoms with Crippen molar-refractivity contribution in [2.45, 2.75) is 0 Å². The third-order valence-corrected chi connectivity index (χ3v) is 3.61. The molecule has 4 aromatic rings. The van der Waals surface area contributed by atoms with Gasteiger partial charge in [-0.15, -0.1) is 0 Å². The van der Waals surface area contributed by atoms with Crippen molar-refractivity contribution in [1.29, 1.82) is 0 Å². The Morgan fingerprint density at radius 1 is 1.12 bits per heavy atom. The number of hydrogen-bond acceptors (Lipinski definition) is 4. The van der Waals surface area contributed by atoms with Crippen LogP contribution >= 0.6 is 0 Å². The Labute approximate surface area is 133 Å². The van der Waals surface area contributed by atoms with Crippen molar-refractivity contribution >= 4 is 22.5 Å². The van der Waals surface area contributed by atoms with Crippen molar-refractivity contribution in [2.24, 2.45) is 0 Å². The highest BCUT2D eigenvalue weighted by Crippen LogP contribution is 2.10. The molecule has 1 aromatic carbocycles. The van der Waals surface area contributed by atoms with Crippen molar-refractivity contribution in [2.75, 3.05) is 5.43 Å². The molecular formula is C16H10FN5O2. The number of benzene rings is 1. The predicted molar refractivity (Wildman–Crippen MR) is 84.8 cm³/mol. The maximum Gasteiger partial charge on any atom is 0.280 e. The molecule has 0 saturated heterocycles. The molecule has 0 unspecified atom stereocenters. The van der Waals surface area contributed by atoms with Crippen molar-refractivity contribution in [1.82, 2.24) is 19.3 Å². The summed E-state index contributed by atoms with van der Waals surface area (Å²) in [5, 5.41) is 4.43. The Hall–Kier alpha value is -3.55. The Balaban J connectivity index is 1.76. The number of pyridine rings is 1. The zero-order valence-corrected chi connectivity index (χ0v) is 12.2. The van der Waals surface area contributed by atoms with Crippen molar-refractivity contribution in [3.63, 3.8) is 0 Å². The Bertz CT molecular complexity index is 1130. The van der Waals surface area contributed by atoms with Crippen molar-refractivity contribution in [3.05, 3.63) is 76.7 Å². The summed E-state index contributed by atoms with van der Waals surface area (Å²) >= 11 is 0. The van der Waals surface area contributed by atoms with Gasteiger partial charge < -0.3 is 0 Å². The summed E-state index contributed by atoms with van der Waals surface area (Å²) in [6.07, 6.45) is 4.46. The first kappa shape index (κ1) is 14.1. The van der Waals surface area contributed by atoms with Gasteiger partial charge in [0.1, 0.15) is 5.82 Å². The smallest absolute Gasteiger partial charge is 0.267 e. The van der Waals surface area contributed by atoms with Gasteiger partial charge in [-0.1, -0.05) is 0 Å². The van der Waals surface area contributed by atoms with Crippen LogP contribution in [0.2, 0.25) is 0 Å². The Morgan fingerprint density at radius 3 is 2.71 bits per heavy atom. The number of halogens is 1. The summed E-state index contributed by atoms with van der Waals surface area (Å²) in [4.78, 5) is 28.8. The van der Waals surface area contributed by atoms with E-state index >= 15 is 0 Å². The van der Waals surface area contributed by atoms with Gasteiger partial charge in [0.05, 0.1) is 17.1 Å². The number of carbonyl (C=O) groups is 1.